The third-order valence-corrected chi connectivity index (χ3v) is 6.31. The first-order chi connectivity index (χ1) is 17.1. The fraction of sp³-hybridized carbons (Fsp3) is 0.267. The van der Waals surface area contributed by atoms with E-state index in [0.717, 1.165) is 16.7 Å². The average Bonchev–Trinajstić information content (AvgIpc) is 3.11. The van der Waals surface area contributed by atoms with Crippen molar-refractivity contribution in [3.63, 3.8) is 0 Å². The van der Waals surface area contributed by atoms with Crippen molar-refractivity contribution in [1.82, 2.24) is 0 Å². The van der Waals surface area contributed by atoms with Crippen molar-refractivity contribution in [3.05, 3.63) is 94.1 Å². The van der Waals surface area contributed by atoms with Gasteiger partial charge in [-0.05, 0) is 81.6 Å². The predicted octanol–water partition coefficient (Wildman–Crippen LogP) is 6.03. The summed E-state index contributed by atoms with van der Waals surface area (Å²) in [5.74, 6) is -0.473. The third kappa shape index (κ3) is 4.47. The molecule has 0 aliphatic carbocycles. The van der Waals surface area contributed by atoms with Crippen LogP contribution in [0.25, 0.3) is 5.76 Å². The van der Waals surface area contributed by atoms with Crippen molar-refractivity contribution < 1.29 is 24.2 Å². The van der Waals surface area contributed by atoms with Gasteiger partial charge in [-0.3, -0.25) is 14.5 Å². The summed E-state index contributed by atoms with van der Waals surface area (Å²) in [4.78, 5) is 28.5. The molecule has 0 radical (unpaired) electrons. The molecule has 1 atom stereocenters. The van der Waals surface area contributed by atoms with E-state index >= 15 is 0 Å². The van der Waals surface area contributed by atoms with Gasteiger partial charge in [-0.15, -0.1) is 0 Å². The summed E-state index contributed by atoms with van der Waals surface area (Å²) < 4.78 is 11.4. The molecule has 6 nitrogen and oxygen atoms in total. The Kier molecular flexibility index (Phi) is 6.88. The van der Waals surface area contributed by atoms with E-state index in [1.807, 2.05) is 71.0 Å². The van der Waals surface area contributed by atoms with Crippen LogP contribution >= 0.6 is 0 Å². The maximum Gasteiger partial charge on any atom is 0.300 e. The van der Waals surface area contributed by atoms with Gasteiger partial charge in [0.15, 0.2) is 0 Å². The van der Waals surface area contributed by atoms with Gasteiger partial charge >= 0.3 is 0 Å². The van der Waals surface area contributed by atoms with Gasteiger partial charge < -0.3 is 14.6 Å². The van der Waals surface area contributed by atoms with E-state index in [9.17, 15) is 14.7 Å². The minimum absolute atomic E-state index is 0.00316. The number of carbonyl (C=O) groups is 2. The first kappa shape index (κ1) is 25.0. The van der Waals surface area contributed by atoms with Gasteiger partial charge in [0.2, 0.25) is 0 Å². The first-order valence-corrected chi connectivity index (χ1v) is 11.9. The molecule has 1 aliphatic rings. The standard InChI is InChI=1S/C30H31NO5/c1-17(2)36-24-14-13-21(16-20(24)5)28(32)26-27(22-9-7-8-10-25(22)35-6)31(30(34)29(26)33)23-15-18(3)11-12-19(23)4/h7-17,27,32H,1-6H3/b28-26+. The highest BCUT2D eigenvalue weighted by Crippen LogP contribution is 2.46. The van der Waals surface area contributed by atoms with Crippen molar-refractivity contribution in [2.45, 2.75) is 46.8 Å². The van der Waals surface area contributed by atoms with Crippen LogP contribution in [0, 0.1) is 20.8 Å². The largest absolute Gasteiger partial charge is 0.507 e. The topological polar surface area (TPSA) is 76.1 Å². The Morgan fingerprint density at radius 2 is 1.64 bits per heavy atom. The van der Waals surface area contributed by atoms with Crippen LogP contribution < -0.4 is 14.4 Å². The molecular formula is C30H31NO5. The molecule has 0 saturated carbocycles. The number of benzene rings is 3. The summed E-state index contributed by atoms with van der Waals surface area (Å²) in [5, 5.41) is 11.5. The molecule has 1 aliphatic heterocycles. The molecule has 3 aromatic carbocycles. The van der Waals surface area contributed by atoms with Crippen molar-refractivity contribution in [1.29, 1.82) is 0 Å². The number of ether oxygens (including phenoxy) is 2. The van der Waals surface area contributed by atoms with E-state index in [4.69, 9.17) is 9.47 Å². The van der Waals surface area contributed by atoms with Gasteiger partial charge in [0, 0.05) is 16.8 Å². The highest BCUT2D eigenvalue weighted by molar-refractivity contribution is 6.51. The van der Waals surface area contributed by atoms with Crippen molar-refractivity contribution in [2.75, 3.05) is 12.0 Å². The zero-order valence-corrected chi connectivity index (χ0v) is 21.5. The van der Waals surface area contributed by atoms with E-state index in [1.54, 1.807) is 31.4 Å². The second-order valence-electron chi connectivity index (χ2n) is 9.35. The Hall–Kier alpha value is -4.06. The molecule has 1 amide bonds. The number of para-hydroxylation sites is 1. The number of aliphatic hydroxyl groups is 1. The quantitative estimate of drug-likeness (QED) is 0.262. The molecule has 1 unspecified atom stereocenters. The van der Waals surface area contributed by atoms with Crippen LogP contribution in [0.1, 0.15) is 47.7 Å². The molecule has 0 spiro atoms. The summed E-state index contributed by atoms with van der Waals surface area (Å²) in [6.45, 7) is 9.58. The highest BCUT2D eigenvalue weighted by atomic mass is 16.5. The Morgan fingerprint density at radius 1 is 0.917 bits per heavy atom. The summed E-state index contributed by atoms with van der Waals surface area (Å²) in [6, 6.07) is 17.3. The molecule has 4 rings (SSSR count). The zero-order chi connectivity index (χ0) is 26.1. The summed E-state index contributed by atoms with van der Waals surface area (Å²) >= 11 is 0. The Balaban J connectivity index is 1.96. The zero-order valence-electron chi connectivity index (χ0n) is 21.5. The molecule has 6 heteroatoms. The number of rotatable bonds is 6. The second kappa shape index (κ2) is 9.90. The number of nitrogens with zero attached hydrogens (tertiary/aromatic N) is 1. The van der Waals surface area contributed by atoms with E-state index in [-0.39, 0.29) is 17.4 Å². The van der Waals surface area contributed by atoms with Crippen LogP contribution in [0.2, 0.25) is 0 Å². The van der Waals surface area contributed by atoms with Gasteiger partial charge in [0.05, 0.1) is 24.8 Å². The smallest absolute Gasteiger partial charge is 0.300 e. The van der Waals surface area contributed by atoms with Crippen LogP contribution in [0.5, 0.6) is 11.5 Å². The number of hydrogen-bond acceptors (Lipinski definition) is 5. The molecule has 1 saturated heterocycles. The third-order valence-electron chi connectivity index (χ3n) is 6.31. The minimum atomic E-state index is -0.867. The monoisotopic (exact) mass is 485 g/mol. The number of methoxy groups -OCH3 is 1. The molecule has 186 valence electrons. The number of aliphatic hydroxyl groups excluding tert-OH is 1. The molecule has 36 heavy (non-hydrogen) atoms. The number of amides is 1. The van der Waals surface area contributed by atoms with Gasteiger partial charge in [-0.2, -0.15) is 0 Å². The van der Waals surface area contributed by atoms with Gasteiger partial charge in [-0.1, -0.05) is 30.3 Å². The van der Waals surface area contributed by atoms with Crippen LogP contribution in [0.3, 0.4) is 0 Å². The molecule has 1 fully saturated rings. The van der Waals surface area contributed by atoms with E-state index in [0.29, 0.717) is 28.3 Å². The van der Waals surface area contributed by atoms with Crippen LogP contribution in [-0.2, 0) is 9.59 Å². The Labute approximate surface area is 211 Å². The molecule has 0 aromatic heterocycles. The second-order valence-corrected chi connectivity index (χ2v) is 9.35. The van der Waals surface area contributed by atoms with Crippen molar-refractivity contribution >= 4 is 23.1 Å². The molecule has 3 aromatic rings. The lowest BCUT2D eigenvalue weighted by atomic mass is 9.93. The number of ketones is 1. The normalized spacial score (nSPS) is 17.1. The minimum Gasteiger partial charge on any atom is -0.507 e. The summed E-state index contributed by atoms with van der Waals surface area (Å²) in [7, 11) is 1.54. The van der Waals surface area contributed by atoms with E-state index < -0.39 is 17.7 Å². The number of hydrogen-bond donors (Lipinski definition) is 1. The van der Waals surface area contributed by atoms with Gasteiger partial charge in [0.25, 0.3) is 11.7 Å². The van der Waals surface area contributed by atoms with Crippen molar-refractivity contribution in [2.24, 2.45) is 0 Å². The maximum absolute atomic E-state index is 13.5. The predicted molar refractivity (Wildman–Crippen MR) is 141 cm³/mol. The average molecular weight is 486 g/mol. The van der Waals surface area contributed by atoms with Crippen LogP contribution in [0.4, 0.5) is 5.69 Å². The number of aryl methyl sites for hydroxylation is 3. The lowest BCUT2D eigenvalue weighted by Gasteiger charge is -2.28. The number of Topliss-reactive ketones (excluding diaryl/α,β-unsaturated/α-hetero) is 1. The lowest BCUT2D eigenvalue weighted by Crippen LogP contribution is -2.30. The fourth-order valence-corrected chi connectivity index (χ4v) is 4.58. The first-order valence-electron chi connectivity index (χ1n) is 11.9. The summed E-state index contributed by atoms with van der Waals surface area (Å²) in [5.41, 5.74) is 4.28. The molecule has 1 heterocycles. The van der Waals surface area contributed by atoms with Crippen molar-refractivity contribution in [3.8, 4) is 11.5 Å². The maximum atomic E-state index is 13.5. The highest BCUT2D eigenvalue weighted by Gasteiger charge is 2.48. The van der Waals surface area contributed by atoms with E-state index in [2.05, 4.69) is 0 Å². The Bertz CT molecular complexity index is 1370. The van der Waals surface area contributed by atoms with Gasteiger partial charge in [-0.25, -0.2) is 0 Å². The molecule has 1 N–H and O–H groups in total. The molecular weight excluding hydrogens is 454 g/mol. The number of carbonyl (C=O) groups excluding carboxylic acids is 2. The number of anilines is 1. The Morgan fingerprint density at radius 3 is 2.31 bits per heavy atom. The fourth-order valence-electron chi connectivity index (χ4n) is 4.58. The summed E-state index contributed by atoms with van der Waals surface area (Å²) in [6.07, 6.45) is -0.00316. The van der Waals surface area contributed by atoms with Crippen LogP contribution in [-0.4, -0.2) is 30.0 Å². The van der Waals surface area contributed by atoms with Gasteiger partial charge in [0.1, 0.15) is 17.3 Å². The lowest BCUT2D eigenvalue weighted by molar-refractivity contribution is -0.132. The van der Waals surface area contributed by atoms with E-state index in [1.165, 1.54) is 4.90 Å². The molecule has 0 bridgehead atoms. The van der Waals surface area contributed by atoms with Crippen LogP contribution in [0.15, 0.2) is 66.2 Å². The SMILES string of the molecule is COc1ccccc1C1/C(=C(\O)c2ccc(OC(C)C)c(C)c2)C(=O)C(=O)N1c1cc(C)ccc1C.